The van der Waals surface area contributed by atoms with Gasteiger partial charge in [0.1, 0.15) is 6.04 Å². The first-order chi connectivity index (χ1) is 20.7. The minimum atomic E-state index is -0.591. The van der Waals surface area contributed by atoms with Crippen LogP contribution in [0.1, 0.15) is 63.6 Å². The molecule has 4 rings (SSSR count). The molecule has 2 atom stereocenters. The summed E-state index contributed by atoms with van der Waals surface area (Å²) in [7, 11) is 4.69. The highest BCUT2D eigenvalue weighted by molar-refractivity contribution is 5.86. The second-order valence-corrected chi connectivity index (χ2v) is 11.7. The maximum Gasteiger partial charge on any atom is 0.242 e. The number of carbonyl (C=O) groups excluding carboxylic acids is 2. The number of amides is 2. The lowest BCUT2D eigenvalue weighted by atomic mass is 9.95. The van der Waals surface area contributed by atoms with Crippen LogP contribution < -0.4 is 35.6 Å². The largest absolute Gasteiger partial charge is 0.493 e. The molecule has 3 N–H and O–H groups in total. The molecule has 1 aliphatic carbocycles. The van der Waals surface area contributed by atoms with Crippen LogP contribution in [0.5, 0.6) is 17.2 Å². The standard InChI is InChI=1S/C33H45N3O7/c1-19(2)15-27(33(39)34-18-21-11-13-43-14-12-21)36-26-10-8-23-24(17-28(26)38)25(35-20(3)37)9-7-22-16-29(40-4)31(41-5)32(42-6)30(22)23/h8,10,16-17,19,21,25,27H,7,9,11-15,18H2,1-6H3,(H,34,39)(H,35,37)(H,36,38). The van der Waals surface area contributed by atoms with Gasteiger partial charge in [-0.1, -0.05) is 19.9 Å². The second kappa shape index (κ2) is 14.6. The van der Waals surface area contributed by atoms with Gasteiger partial charge in [-0.05, 0) is 78.8 Å². The van der Waals surface area contributed by atoms with E-state index >= 15 is 0 Å². The van der Waals surface area contributed by atoms with Gasteiger partial charge in [0.05, 0.1) is 33.1 Å². The number of fused-ring (bicyclic) bond motifs is 3. The fourth-order valence-corrected chi connectivity index (χ4v) is 6.04. The number of rotatable bonds is 11. The van der Waals surface area contributed by atoms with Crippen molar-refractivity contribution in [1.29, 1.82) is 0 Å². The summed E-state index contributed by atoms with van der Waals surface area (Å²) in [6.07, 6.45) is 3.57. The molecule has 10 heteroatoms. The maximum atomic E-state index is 13.8. The van der Waals surface area contributed by atoms with Gasteiger partial charge in [0.15, 0.2) is 11.5 Å². The van der Waals surface area contributed by atoms with E-state index in [4.69, 9.17) is 18.9 Å². The predicted octanol–water partition coefficient (Wildman–Crippen LogP) is 4.23. The topological polar surface area (TPSA) is 124 Å². The smallest absolute Gasteiger partial charge is 0.242 e. The number of anilines is 1. The fraction of sp³-hybridized carbons (Fsp3) is 0.545. The molecule has 2 aromatic rings. The van der Waals surface area contributed by atoms with Gasteiger partial charge in [0.25, 0.3) is 0 Å². The number of benzene rings is 1. The Morgan fingerprint density at radius 1 is 1.00 bits per heavy atom. The van der Waals surface area contributed by atoms with Crippen molar-refractivity contribution in [1.82, 2.24) is 10.6 Å². The van der Waals surface area contributed by atoms with Gasteiger partial charge in [-0.3, -0.25) is 14.4 Å². The Bertz CT molecular complexity index is 1370. The van der Waals surface area contributed by atoms with Crippen molar-refractivity contribution in [3.63, 3.8) is 0 Å². The Labute approximate surface area is 253 Å². The number of hydrogen-bond acceptors (Lipinski definition) is 8. The summed E-state index contributed by atoms with van der Waals surface area (Å²) in [5.41, 5.74) is 3.16. The summed E-state index contributed by atoms with van der Waals surface area (Å²) in [6, 6.07) is 6.06. The molecular weight excluding hydrogens is 550 g/mol. The van der Waals surface area contributed by atoms with Gasteiger partial charge in [0, 0.05) is 32.2 Å². The minimum Gasteiger partial charge on any atom is -0.493 e. The van der Waals surface area contributed by atoms with Crippen molar-refractivity contribution < 1.29 is 28.5 Å². The van der Waals surface area contributed by atoms with Crippen LogP contribution in [0.4, 0.5) is 5.69 Å². The molecular formula is C33H45N3O7. The van der Waals surface area contributed by atoms with Crippen molar-refractivity contribution in [3.05, 3.63) is 45.6 Å². The SMILES string of the molecule is COc1cc2c(c(OC)c1OC)-c1ccc(NC(CC(C)C)C(=O)NCC3CCOCC3)c(=O)cc1C(NC(C)=O)CC2. The van der Waals surface area contributed by atoms with Gasteiger partial charge in [-0.15, -0.1) is 0 Å². The molecule has 0 saturated carbocycles. The number of hydrogen-bond donors (Lipinski definition) is 3. The Hall–Kier alpha value is -3.79. The van der Waals surface area contributed by atoms with Gasteiger partial charge >= 0.3 is 0 Å². The lowest BCUT2D eigenvalue weighted by Crippen LogP contribution is -2.43. The van der Waals surface area contributed by atoms with Crippen molar-refractivity contribution in [3.8, 4) is 28.4 Å². The van der Waals surface area contributed by atoms with Crippen LogP contribution in [0, 0.1) is 11.8 Å². The first-order valence-electron chi connectivity index (χ1n) is 15.1. The number of nitrogens with one attached hydrogen (secondary N) is 3. The van der Waals surface area contributed by atoms with E-state index in [0.717, 1.165) is 29.5 Å². The van der Waals surface area contributed by atoms with Gasteiger partial charge in [-0.2, -0.15) is 0 Å². The van der Waals surface area contributed by atoms with Crippen LogP contribution in [0.15, 0.2) is 29.1 Å². The molecule has 0 aromatic heterocycles. The quantitative estimate of drug-likeness (QED) is 0.353. The molecule has 0 spiro atoms. The molecule has 0 bridgehead atoms. The van der Waals surface area contributed by atoms with Crippen LogP contribution in [0.3, 0.4) is 0 Å². The number of ether oxygens (including phenoxy) is 4. The van der Waals surface area contributed by atoms with E-state index in [1.165, 1.54) is 6.92 Å². The first-order valence-corrected chi connectivity index (χ1v) is 15.1. The lowest BCUT2D eigenvalue weighted by molar-refractivity contribution is -0.122. The molecule has 2 aliphatic rings. The fourth-order valence-electron chi connectivity index (χ4n) is 6.04. The van der Waals surface area contributed by atoms with Crippen molar-refractivity contribution in [2.24, 2.45) is 11.8 Å². The van der Waals surface area contributed by atoms with Gasteiger partial charge in [-0.25, -0.2) is 0 Å². The third kappa shape index (κ3) is 7.60. The molecule has 0 radical (unpaired) electrons. The summed E-state index contributed by atoms with van der Waals surface area (Å²) >= 11 is 0. The zero-order valence-corrected chi connectivity index (χ0v) is 26.1. The third-order valence-corrected chi connectivity index (χ3v) is 8.18. The summed E-state index contributed by atoms with van der Waals surface area (Å²) in [5.74, 6) is 1.74. The monoisotopic (exact) mass is 595 g/mol. The minimum absolute atomic E-state index is 0.132. The van der Waals surface area contributed by atoms with Crippen LogP contribution >= 0.6 is 0 Å². The average Bonchev–Trinajstić information content (AvgIpc) is 3.23. The second-order valence-electron chi connectivity index (χ2n) is 11.7. The zero-order chi connectivity index (χ0) is 31.1. The van der Waals surface area contributed by atoms with Crippen molar-refractivity contribution in [2.75, 3.05) is 46.4 Å². The maximum absolute atomic E-state index is 13.8. The summed E-state index contributed by atoms with van der Waals surface area (Å²) < 4.78 is 22.6. The number of methoxy groups -OCH3 is 3. The zero-order valence-electron chi connectivity index (χ0n) is 26.1. The van der Waals surface area contributed by atoms with Crippen molar-refractivity contribution >= 4 is 17.5 Å². The van der Waals surface area contributed by atoms with E-state index in [-0.39, 0.29) is 23.2 Å². The molecule has 2 aromatic carbocycles. The molecule has 2 amide bonds. The van der Waals surface area contributed by atoms with E-state index in [9.17, 15) is 14.4 Å². The molecule has 1 aliphatic heterocycles. The predicted molar refractivity (Wildman–Crippen MR) is 166 cm³/mol. The Kier molecular flexibility index (Phi) is 10.9. The molecule has 1 saturated heterocycles. The Morgan fingerprint density at radius 3 is 2.35 bits per heavy atom. The Morgan fingerprint density at radius 2 is 1.72 bits per heavy atom. The highest BCUT2D eigenvalue weighted by atomic mass is 16.5. The van der Waals surface area contributed by atoms with Crippen molar-refractivity contribution in [2.45, 2.75) is 65.0 Å². The van der Waals surface area contributed by atoms with Crippen LogP contribution in [0.2, 0.25) is 0 Å². The van der Waals surface area contributed by atoms with E-state index in [2.05, 4.69) is 29.8 Å². The van der Waals surface area contributed by atoms with E-state index < -0.39 is 12.1 Å². The molecule has 10 nitrogen and oxygen atoms in total. The highest BCUT2D eigenvalue weighted by Gasteiger charge is 2.30. The normalized spacial score (nSPS) is 17.1. The first kappa shape index (κ1) is 32.1. The van der Waals surface area contributed by atoms with E-state index in [0.29, 0.717) is 73.4 Å². The molecule has 234 valence electrons. The van der Waals surface area contributed by atoms with Gasteiger partial charge < -0.3 is 34.9 Å². The number of aryl methyl sites for hydroxylation is 1. The number of carbonyl (C=O) groups is 2. The summed E-state index contributed by atoms with van der Waals surface area (Å²) in [6.45, 7) is 7.58. The molecule has 1 fully saturated rings. The molecule has 1 heterocycles. The van der Waals surface area contributed by atoms with Gasteiger partial charge in [0.2, 0.25) is 23.0 Å². The van der Waals surface area contributed by atoms with Crippen LogP contribution in [-0.2, 0) is 20.7 Å². The summed E-state index contributed by atoms with van der Waals surface area (Å²) in [5, 5.41) is 9.39. The average molecular weight is 596 g/mol. The summed E-state index contributed by atoms with van der Waals surface area (Å²) in [4.78, 5) is 39.4. The lowest BCUT2D eigenvalue weighted by Gasteiger charge is -2.25. The third-order valence-electron chi connectivity index (χ3n) is 8.18. The van der Waals surface area contributed by atoms with Crippen LogP contribution in [0.25, 0.3) is 11.1 Å². The van der Waals surface area contributed by atoms with Crippen LogP contribution in [-0.4, -0.2) is 58.9 Å². The highest BCUT2D eigenvalue weighted by Crippen LogP contribution is 2.50. The Balaban J connectivity index is 1.78. The van der Waals surface area contributed by atoms with E-state index in [1.54, 1.807) is 33.5 Å². The molecule has 43 heavy (non-hydrogen) atoms. The van der Waals surface area contributed by atoms with E-state index in [1.807, 2.05) is 12.1 Å². The molecule has 2 unspecified atom stereocenters.